The molecule has 1 heterocycles. The van der Waals surface area contributed by atoms with Gasteiger partial charge in [-0.1, -0.05) is 47.6 Å². The third-order valence-corrected chi connectivity index (χ3v) is 3.10. The van der Waals surface area contributed by atoms with E-state index in [4.69, 9.17) is 10.3 Å². The van der Waals surface area contributed by atoms with E-state index in [-0.39, 0.29) is 0 Å². The van der Waals surface area contributed by atoms with E-state index in [1.165, 1.54) is 16.3 Å². The first-order valence-electron chi connectivity index (χ1n) is 6.35. The molecule has 0 atom stereocenters. The van der Waals surface area contributed by atoms with Crippen LogP contribution in [0.15, 0.2) is 47.0 Å². The minimum absolute atomic E-state index is 0.535. The van der Waals surface area contributed by atoms with Crippen LogP contribution in [-0.2, 0) is 12.8 Å². The van der Waals surface area contributed by atoms with Gasteiger partial charge in [-0.25, -0.2) is 0 Å². The number of nitrogens with zero attached hydrogens (tertiary/aromatic N) is 2. The molecule has 0 aliphatic carbocycles. The fourth-order valence-electron chi connectivity index (χ4n) is 2.20. The summed E-state index contributed by atoms with van der Waals surface area (Å²) in [5, 5.41) is 6.37. The quantitative estimate of drug-likeness (QED) is 0.775. The van der Waals surface area contributed by atoms with Crippen molar-refractivity contribution in [3.05, 3.63) is 59.7 Å². The molecule has 0 aliphatic rings. The smallest absolute Gasteiger partial charge is 0.231 e. The van der Waals surface area contributed by atoms with E-state index < -0.39 is 0 Å². The van der Waals surface area contributed by atoms with Crippen LogP contribution in [0.3, 0.4) is 0 Å². The lowest BCUT2D eigenvalue weighted by molar-refractivity contribution is 0.379. The normalized spacial score (nSPS) is 11.0. The monoisotopic (exact) mass is 253 g/mol. The van der Waals surface area contributed by atoms with Crippen molar-refractivity contribution in [3.63, 3.8) is 0 Å². The van der Waals surface area contributed by atoms with Gasteiger partial charge in [0.05, 0.1) is 6.42 Å². The molecule has 4 heteroatoms. The van der Waals surface area contributed by atoms with Gasteiger partial charge in [-0.05, 0) is 22.9 Å². The van der Waals surface area contributed by atoms with Gasteiger partial charge in [-0.3, -0.25) is 0 Å². The predicted molar refractivity (Wildman–Crippen MR) is 73.8 cm³/mol. The Morgan fingerprint density at radius 3 is 2.79 bits per heavy atom. The molecule has 19 heavy (non-hydrogen) atoms. The van der Waals surface area contributed by atoms with Gasteiger partial charge in [0.25, 0.3) is 0 Å². The zero-order valence-corrected chi connectivity index (χ0v) is 10.5. The van der Waals surface area contributed by atoms with Crippen molar-refractivity contribution in [1.82, 2.24) is 10.1 Å². The lowest BCUT2D eigenvalue weighted by Crippen LogP contribution is -2.04. The lowest BCUT2D eigenvalue weighted by Gasteiger charge is -2.03. The van der Waals surface area contributed by atoms with Gasteiger partial charge in [-0.2, -0.15) is 4.98 Å². The van der Waals surface area contributed by atoms with Crippen LogP contribution in [0.4, 0.5) is 0 Å². The highest BCUT2D eigenvalue weighted by Crippen LogP contribution is 2.20. The van der Waals surface area contributed by atoms with E-state index in [9.17, 15) is 0 Å². The highest BCUT2D eigenvalue weighted by Gasteiger charge is 2.08. The van der Waals surface area contributed by atoms with Crippen LogP contribution in [0.1, 0.15) is 17.3 Å². The van der Waals surface area contributed by atoms with Gasteiger partial charge in [0.15, 0.2) is 5.82 Å². The highest BCUT2D eigenvalue weighted by molar-refractivity contribution is 5.85. The highest BCUT2D eigenvalue weighted by atomic mass is 16.5. The molecule has 3 rings (SSSR count). The molecule has 0 radical (unpaired) electrons. The number of hydrogen-bond acceptors (Lipinski definition) is 4. The Morgan fingerprint density at radius 2 is 1.89 bits per heavy atom. The molecule has 0 saturated carbocycles. The molecule has 0 bridgehead atoms. The molecular formula is C15H15N3O. The van der Waals surface area contributed by atoms with Crippen molar-refractivity contribution in [2.24, 2.45) is 5.73 Å². The maximum absolute atomic E-state index is 5.48. The van der Waals surface area contributed by atoms with Crippen molar-refractivity contribution in [2.75, 3.05) is 6.54 Å². The van der Waals surface area contributed by atoms with Crippen molar-refractivity contribution < 1.29 is 4.52 Å². The molecule has 1 aromatic heterocycles. The molecular weight excluding hydrogens is 238 g/mol. The number of fused-ring (bicyclic) bond motifs is 1. The zero-order chi connectivity index (χ0) is 13.1. The molecule has 96 valence electrons. The van der Waals surface area contributed by atoms with E-state index in [2.05, 4.69) is 40.5 Å². The summed E-state index contributed by atoms with van der Waals surface area (Å²) in [5.41, 5.74) is 6.67. The molecule has 3 aromatic rings. The minimum Gasteiger partial charge on any atom is -0.339 e. The van der Waals surface area contributed by atoms with E-state index >= 15 is 0 Å². The summed E-state index contributed by atoms with van der Waals surface area (Å²) in [7, 11) is 0. The van der Waals surface area contributed by atoms with Gasteiger partial charge in [-0.15, -0.1) is 0 Å². The van der Waals surface area contributed by atoms with E-state index in [0.29, 0.717) is 31.1 Å². The molecule has 0 amide bonds. The Labute approximate surface area is 111 Å². The number of aromatic nitrogens is 2. The Morgan fingerprint density at radius 1 is 1.05 bits per heavy atom. The first-order valence-corrected chi connectivity index (χ1v) is 6.35. The second-order valence-electron chi connectivity index (χ2n) is 4.46. The van der Waals surface area contributed by atoms with Gasteiger partial charge in [0, 0.05) is 6.42 Å². The van der Waals surface area contributed by atoms with Crippen LogP contribution in [0, 0.1) is 0 Å². The summed E-state index contributed by atoms with van der Waals surface area (Å²) in [6.45, 7) is 0.535. The molecule has 2 aromatic carbocycles. The Bertz CT molecular complexity index is 685. The average Bonchev–Trinajstić information content (AvgIpc) is 2.87. The third-order valence-electron chi connectivity index (χ3n) is 3.10. The van der Waals surface area contributed by atoms with Crippen molar-refractivity contribution in [2.45, 2.75) is 12.8 Å². The maximum Gasteiger partial charge on any atom is 0.231 e. The summed E-state index contributed by atoms with van der Waals surface area (Å²) in [5.74, 6) is 1.32. The summed E-state index contributed by atoms with van der Waals surface area (Å²) < 4.78 is 5.25. The van der Waals surface area contributed by atoms with Crippen LogP contribution in [0.5, 0.6) is 0 Å². The maximum atomic E-state index is 5.48. The van der Waals surface area contributed by atoms with Crippen molar-refractivity contribution in [1.29, 1.82) is 0 Å². The molecule has 0 saturated heterocycles. The second-order valence-corrected chi connectivity index (χ2v) is 4.46. The minimum atomic E-state index is 0.535. The molecule has 0 aliphatic heterocycles. The van der Waals surface area contributed by atoms with E-state index in [0.717, 1.165) is 0 Å². The van der Waals surface area contributed by atoms with Gasteiger partial charge in [0.1, 0.15) is 0 Å². The number of hydrogen-bond donors (Lipinski definition) is 1. The van der Waals surface area contributed by atoms with E-state index in [1.807, 2.05) is 12.1 Å². The Kier molecular flexibility index (Phi) is 3.25. The fourth-order valence-corrected chi connectivity index (χ4v) is 2.20. The van der Waals surface area contributed by atoms with Crippen LogP contribution < -0.4 is 5.73 Å². The van der Waals surface area contributed by atoms with Gasteiger partial charge < -0.3 is 10.3 Å². The first kappa shape index (κ1) is 11.9. The lowest BCUT2D eigenvalue weighted by atomic mass is 10.0. The largest absolute Gasteiger partial charge is 0.339 e. The predicted octanol–water partition coefficient (Wildman–Crippen LogP) is 2.31. The zero-order valence-electron chi connectivity index (χ0n) is 10.5. The molecule has 4 nitrogen and oxygen atoms in total. The second kappa shape index (κ2) is 5.20. The average molecular weight is 253 g/mol. The molecule has 0 unspecified atom stereocenters. The fraction of sp³-hybridized carbons (Fsp3) is 0.200. The first-order chi connectivity index (χ1) is 9.36. The SMILES string of the molecule is NCCc1noc(Cc2cccc3ccccc23)n1. The summed E-state index contributed by atoms with van der Waals surface area (Å²) in [6.07, 6.45) is 1.30. The molecule has 0 spiro atoms. The summed E-state index contributed by atoms with van der Waals surface area (Å²) in [6, 6.07) is 14.5. The summed E-state index contributed by atoms with van der Waals surface area (Å²) >= 11 is 0. The molecule has 0 fully saturated rings. The van der Waals surface area contributed by atoms with E-state index in [1.54, 1.807) is 0 Å². The number of rotatable bonds is 4. The van der Waals surface area contributed by atoms with Crippen molar-refractivity contribution in [3.8, 4) is 0 Å². The van der Waals surface area contributed by atoms with Crippen LogP contribution in [0.25, 0.3) is 10.8 Å². The number of benzene rings is 2. The van der Waals surface area contributed by atoms with Crippen molar-refractivity contribution >= 4 is 10.8 Å². The van der Waals surface area contributed by atoms with Crippen LogP contribution >= 0.6 is 0 Å². The molecule has 2 N–H and O–H groups in total. The van der Waals surface area contributed by atoms with Crippen LogP contribution in [0.2, 0.25) is 0 Å². The standard InChI is InChI=1S/C15H15N3O/c16-9-8-14-17-15(19-18-14)10-12-6-3-5-11-4-1-2-7-13(11)12/h1-7H,8-10,16H2. The van der Waals surface area contributed by atoms with Gasteiger partial charge >= 0.3 is 0 Å². The summed E-state index contributed by atoms with van der Waals surface area (Å²) in [4.78, 5) is 4.34. The van der Waals surface area contributed by atoms with Gasteiger partial charge in [0.2, 0.25) is 5.89 Å². The number of nitrogens with two attached hydrogens (primary N) is 1. The topological polar surface area (TPSA) is 64.9 Å². The third kappa shape index (κ3) is 2.48. The van der Waals surface area contributed by atoms with Crippen LogP contribution in [-0.4, -0.2) is 16.7 Å². The Hall–Kier alpha value is -2.20. The Balaban J connectivity index is 1.92.